The molecule has 0 spiro atoms. The molecule has 0 aromatic carbocycles. The Morgan fingerprint density at radius 2 is 2.11 bits per heavy atom. The fourth-order valence-corrected chi connectivity index (χ4v) is 1.41. The van der Waals surface area contributed by atoms with Crippen LogP contribution >= 0.6 is 0 Å². The van der Waals surface area contributed by atoms with Crippen LogP contribution in [0.15, 0.2) is 18.6 Å². The lowest BCUT2D eigenvalue weighted by Crippen LogP contribution is -2.16. The van der Waals surface area contributed by atoms with Crippen molar-refractivity contribution < 1.29 is 14.3 Å². The molecule has 4 N–H and O–H groups in total. The van der Waals surface area contributed by atoms with Crippen molar-refractivity contribution in [3.8, 4) is 5.69 Å². The predicted molar refractivity (Wildman–Crippen MR) is 63.4 cm³/mol. The lowest BCUT2D eigenvalue weighted by atomic mass is 10.2. The van der Waals surface area contributed by atoms with Gasteiger partial charge >= 0.3 is 5.97 Å². The van der Waals surface area contributed by atoms with E-state index in [9.17, 15) is 9.59 Å². The van der Waals surface area contributed by atoms with Crippen LogP contribution in [-0.4, -0.2) is 38.7 Å². The fraction of sp³-hybridized carbons (Fsp3) is 0.100. The molecule has 0 fully saturated rings. The smallest absolute Gasteiger partial charge is 0.377 e. The first kappa shape index (κ1) is 12.5. The van der Waals surface area contributed by atoms with Gasteiger partial charge in [-0.25, -0.2) is 19.4 Å². The van der Waals surface area contributed by atoms with Crippen molar-refractivity contribution in [1.82, 2.24) is 19.7 Å². The minimum absolute atomic E-state index is 0.119. The van der Waals surface area contributed by atoms with Gasteiger partial charge in [-0.1, -0.05) is 0 Å². The Balaban J connectivity index is 2.50. The van der Waals surface area contributed by atoms with Crippen LogP contribution in [0.1, 0.15) is 21.0 Å². The van der Waals surface area contributed by atoms with Crippen molar-refractivity contribution in [1.29, 1.82) is 0 Å². The Hall–Kier alpha value is -2.97. The van der Waals surface area contributed by atoms with Gasteiger partial charge in [0.1, 0.15) is 12.1 Å². The highest BCUT2D eigenvalue weighted by Crippen LogP contribution is 2.14. The van der Waals surface area contributed by atoms with Gasteiger partial charge in [-0.2, -0.15) is 0 Å². The van der Waals surface area contributed by atoms with E-state index in [0.717, 1.165) is 0 Å². The molecule has 1 amide bonds. The van der Waals surface area contributed by atoms with Gasteiger partial charge in [0, 0.05) is 0 Å². The normalized spacial score (nSPS) is 10.2. The van der Waals surface area contributed by atoms with Crippen LogP contribution in [-0.2, 0) is 4.74 Å². The lowest BCUT2D eigenvalue weighted by molar-refractivity contribution is 0.0587. The van der Waals surface area contributed by atoms with Gasteiger partial charge in [-0.3, -0.25) is 4.79 Å². The first-order valence-electron chi connectivity index (χ1n) is 5.08. The van der Waals surface area contributed by atoms with E-state index in [0.29, 0.717) is 0 Å². The maximum atomic E-state index is 11.3. The van der Waals surface area contributed by atoms with Crippen molar-refractivity contribution in [2.24, 2.45) is 5.73 Å². The van der Waals surface area contributed by atoms with Crippen LogP contribution in [0.25, 0.3) is 5.69 Å². The van der Waals surface area contributed by atoms with Crippen molar-refractivity contribution in [3.63, 3.8) is 0 Å². The number of carbonyl (C=O) groups excluding carboxylic acids is 2. The molecule has 0 aliphatic carbocycles. The van der Waals surface area contributed by atoms with Crippen molar-refractivity contribution in [2.75, 3.05) is 12.8 Å². The molecule has 0 saturated heterocycles. The average Bonchev–Trinajstić information content (AvgIpc) is 2.87. The summed E-state index contributed by atoms with van der Waals surface area (Å²) in [5.74, 6) is -1.39. The monoisotopic (exact) mass is 262 g/mol. The second-order valence-electron chi connectivity index (χ2n) is 3.49. The van der Waals surface area contributed by atoms with Crippen LogP contribution in [0.2, 0.25) is 0 Å². The number of primary amides is 1. The van der Waals surface area contributed by atoms with Gasteiger partial charge in [0.25, 0.3) is 11.7 Å². The van der Waals surface area contributed by atoms with Crippen LogP contribution in [0, 0.1) is 0 Å². The van der Waals surface area contributed by atoms with Gasteiger partial charge in [-0.05, 0) is 6.07 Å². The first-order chi connectivity index (χ1) is 9.02. The van der Waals surface area contributed by atoms with E-state index >= 15 is 0 Å². The molecule has 19 heavy (non-hydrogen) atoms. The van der Waals surface area contributed by atoms with Gasteiger partial charge < -0.3 is 16.2 Å². The number of rotatable bonds is 3. The summed E-state index contributed by atoms with van der Waals surface area (Å²) in [5, 5.41) is 3.87. The zero-order valence-corrected chi connectivity index (χ0v) is 9.90. The number of ether oxygens (including phenoxy) is 1. The predicted octanol–water partition coefficient (Wildman–Crippen LogP) is -0.870. The quantitative estimate of drug-likeness (QED) is 0.685. The molecule has 0 aliphatic rings. The highest BCUT2D eigenvalue weighted by atomic mass is 16.5. The Labute approximate surface area is 107 Å². The summed E-state index contributed by atoms with van der Waals surface area (Å²) in [5.41, 5.74) is 11.1. The number of amides is 1. The van der Waals surface area contributed by atoms with Crippen molar-refractivity contribution >= 4 is 17.7 Å². The molecular formula is C10H10N6O3. The number of hydrogen-bond donors (Lipinski definition) is 2. The lowest BCUT2D eigenvalue weighted by Gasteiger charge is -2.05. The van der Waals surface area contributed by atoms with Crippen LogP contribution in [0.5, 0.6) is 0 Å². The SMILES string of the molecule is COC(=O)c1ncn(-c2cnc(N)cc2C(N)=O)n1. The third-order valence-electron chi connectivity index (χ3n) is 2.28. The highest BCUT2D eigenvalue weighted by molar-refractivity contribution is 5.97. The molecule has 2 heterocycles. The molecule has 2 aromatic heterocycles. The number of carbonyl (C=O) groups is 2. The van der Waals surface area contributed by atoms with Crippen LogP contribution in [0.3, 0.4) is 0 Å². The number of esters is 1. The minimum Gasteiger partial charge on any atom is -0.463 e. The molecule has 98 valence electrons. The summed E-state index contributed by atoms with van der Waals surface area (Å²) >= 11 is 0. The second kappa shape index (κ2) is 4.72. The summed E-state index contributed by atoms with van der Waals surface area (Å²) in [6, 6.07) is 1.32. The van der Waals surface area contributed by atoms with Crippen LogP contribution < -0.4 is 11.5 Å². The second-order valence-corrected chi connectivity index (χ2v) is 3.49. The molecule has 9 nitrogen and oxygen atoms in total. The van der Waals surface area contributed by atoms with E-state index in [1.165, 1.54) is 30.4 Å². The summed E-state index contributed by atoms with van der Waals surface area (Å²) in [6.45, 7) is 0. The Bertz CT molecular complexity index is 650. The minimum atomic E-state index is -0.695. The van der Waals surface area contributed by atoms with E-state index in [1.54, 1.807) is 0 Å². The molecule has 2 aromatic rings. The van der Waals surface area contributed by atoms with Crippen LogP contribution in [0.4, 0.5) is 5.82 Å². The Morgan fingerprint density at radius 1 is 1.37 bits per heavy atom. The summed E-state index contributed by atoms with van der Waals surface area (Å²) < 4.78 is 5.67. The van der Waals surface area contributed by atoms with Gasteiger partial charge in [0.05, 0.1) is 24.6 Å². The number of nitrogens with zero attached hydrogens (tertiary/aromatic N) is 4. The van der Waals surface area contributed by atoms with Crippen molar-refractivity contribution in [2.45, 2.75) is 0 Å². The maximum Gasteiger partial charge on any atom is 0.377 e. The highest BCUT2D eigenvalue weighted by Gasteiger charge is 2.16. The van der Waals surface area contributed by atoms with E-state index in [4.69, 9.17) is 11.5 Å². The number of methoxy groups -OCH3 is 1. The zero-order chi connectivity index (χ0) is 14.0. The summed E-state index contributed by atoms with van der Waals surface area (Å²) in [6.07, 6.45) is 2.55. The fourth-order valence-electron chi connectivity index (χ4n) is 1.41. The van der Waals surface area contributed by atoms with E-state index < -0.39 is 11.9 Å². The molecule has 0 radical (unpaired) electrons. The molecule has 0 bridgehead atoms. The molecule has 2 rings (SSSR count). The maximum absolute atomic E-state index is 11.3. The molecular weight excluding hydrogens is 252 g/mol. The third kappa shape index (κ3) is 2.34. The number of nitrogen functional groups attached to an aromatic ring is 1. The number of pyridine rings is 1. The number of anilines is 1. The third-order valence-corrected chi connectivity index (χ3v) is 2.28. The molecule has 0 atom stereocenters. The van der Waals surface area contributed by atoms with Gasteiger partial charge in [0.2, 0.25) is 0 Å². The van der Waals surface area contributed by atoms with E-state index in [1.807, 2.05) is 0 Å². The van der Waals surface area contributed by atoms with E-state index in [2.05, 4.69) is 19.8 Å². The average molecular weight is 262 g/mol. The summed E-state index contributed by atoms with van der Waals surface area (Å²) in [4.78, 5) is 30.2. The number of hydrogen-bond acceptors (Lipinski definition) is 7. The van der Waals surface area contributed by atoms with Gasteiger partial charge in [-0.15, -0.1) is 5.10 Å². The van der Waals surface area contributed by atoms with Gasteiger partial charge in [0.15, 0.2) is 0 Å². The Kier molecular flexibility index (Phi) is 3.10. The molecule has 0 unspecified atom stereocenters. The van der Waals surface area contributed by atoms with Crippen molar-refractivity contribution in [3.05, 3.63) is 30.0 Å². The largest absolute Gasteiger partial charge is 0.463 e. The number of nitrogens with two attached hydrogens (primary N) is 2. The first-order valence-corrected chi connectivity index (χ1v) is 5.08. The zero-order valence-electron chi connectivity index (χ0n) is 9.90. The molecule has 9 heteroatoms. The standard InChI is InChI=1S/C10H10N6O3/c1-19-10(18)9-14-4-16(15-9)6-3-13-7(11)2-5(6)8(12)17/h2-4H,1H3,(H2,11,13)(H2,12,17). The topological polar surface area (TPSA) is 139 Å². The molecule has 0 aliphatic heterocycles. The Morgan fingerprint density at radius 3 is 2.74 bits per heavy atom. The van der Waals surface area contributed by atoms with E-state index in [-0.39, 0.29) is 22.9 Å². The molecule has 0 saturated carbocycles. The summed E-state index contributed by atoms with van der Waals surface area (Å²) in [7, 11) is 1.21. The number of aromatic nitrogens is 4.